The highest BCUT2D eigenvalue weighted by molar-refractivity contribution is 7.15. The summed E-state index contributed by atoms with van der Waals surface area (Å²) >= 11 is 1.79. The lowest BCUT2D eigenvalue weighted by atomic mass is 10.2. The number of aryl methyl sites for hydroxylation is 1. The smallest absolute Gasteiger partial charge is 0.185 e. The second-order valence-electron chi connectivity index (χ2n) is 4.80. The second-order valence-corrected chi connectivity index (χ2v) is 5.86. The molecule has 1 unspecified atom stereocenters. The number of nitrogens with one attached hydrogen (secondary N) is 1. The Hall–Kier alpha value is -0.650. The molecule has 0 aliphatic carbocycles. The van der Waals surface area contributed by atoms with Gasteiger partial charge in [-0.15, -0.1) is 11.3 Å². The summed E-state index contributed by atoms with van der Waals surface area (Å²) < 4.78 is 5.67. The van der Waals surface area contributed by atoms with E-state index in [0.29, 0.717) is 6.10 Å². The molecule has 1 aromatic rings. The normalized spacial score (nSPS) is 19.4. The van der Waals surface area contributed by atoms with Gasteiger partial charge in [0, 0.05) is 31.6 Å². The van der Waals surface area contributed by atoms with Crippen molar-refractivity contribution in [3.8, 4) is 0 Å². The van der Waals surface area contributed by atoms with E-state index in [0.717, 1.165) is 37.1 Å². The van der Waals surface area contributed by atoms with Crippen molar-refractivity contribution in [2.75, 3.05) is 31.6 Å². The Labute approximate surface area is 113 Å². The lowest BCUT2D eigenvalue weighted by molar-refractivity contribution is 0.116. The van der Waals surface area contributed by atoms with Crippen LogP contribution in [0.15, 0.2) is 0 Å². The first-order chi connectivity index (χ1) is 8.70. The summed E-state index contributed by atoms with van der Waals surface area (Å²) in [7, 11) is 2.11. The van der Waals surface area contributed by atoms with Gasteiger partial charge in [0.05, 0.1) is 11.8 Å². The molecule has 5 heteroatoms. The third kappa shape index (κ3) is 3.43. The quantitative estimate of drug-likeness (QED) is 0.859. The maximum Gasteiger partial charge on any atom is 0.185 e. The SMILES string of the molecule is CCNCc1sc(N(C)CC2CCCO2)nc1C. The monoisotopic (exact) mass is 269 g/mol. The standard InChI is InChI=1S/C13H23N3OS/c1-4-14-8-12-10(2)15-13(18-12)16(3)9-11-6-5-7-17-11/h11,14H,4-9H2,1-3H3. The van der Waals surface area contributed by atoms with Crippen molar-refractivity contribution in [3.63, 3.8) is 0 Å². The van der Waals surface area contributed by atoms with Gasteiger partial charge in [-0.1, -0.05) is 6.92 Å². The van der Waals surface area contributed by atoms with E-state index in [1.807, 2.05) is 0 Å². The van der Waals surface area contributed by atoms with E-state index in [-0.39, 0.29) is 0 Å². The van der Waals surface area contributed by atoms with Crippen molar-refractivity contribution < 1.29 is 4.74 Å². The number of likely N-dealkylation sites (N-methyl/N-ethyl adjacent to an activating group) is 1. The van der Waals surface area contributed by atoms with E-state index >= 15 is 0 Å². The van der Waals surface area contributed by atoms with Crippen LogP contribution in [0.25, 0.3) is 0 Å². The fraction of sp³-hybridized carbons (Fsp3) is 0.769. The zero-order valence-electron chi connectivity index (χ0n) is 11.5. The number of nitrogens with zero attached hydrogens (tertiary/aromatic N) is 2. The average Bonchev–Trinajstić information content (AvgIpc) is 2.96. The van der Waals surface area contributed by atoms with Gasteiger partial charge in [0.25, 0.3) is 0 Å². The van der Waals surface area contributed by atoms with Gasteiger partial charge in [-0.05, 0) is 26.3 Å². The Morgan fingerprint density at radius 2 is 2.39 bits per heavy atom. The molecule has 2 heterocycles. The molecule has 0 amide bonds. The summed E-state index contributed by atoms with van der Waals surface area (Å²) in [6.45, 7) is 8.01. The molecule has 0 saturated carbocycles. The van der Waals surface area contributed by atoms with Gasteiger partial charge < -0.3 is 15.0 Å². The molecule has 1 saturated heterocycles. The zero-order chi connectivity index (χ0) is 13.0. The number of aromatic nitrogens is 1. The number of rotatable bonds is 6. The van der Waals surface area contributed by atoms with Gasteiger partial charge in [-0.25, -0.2) is 4.98 Å². The Kier molecular flexibility index (Phi) is 4.97. The summed E-state index contributed by atoms with van der Waals surface area (Å²) in [6, 6.07) is 0. The van der Waals surface area contributed by atoms with Crippen LogP contribution in [0.5, 0.6) is 0 Å². The average molecular weight is 269 g/mol. The molecule has 1 fully saturated rings. The van der Waals surface area contributed by atoms with Crippen molar-refractivity contribution >= 4 is 16.5 Å². The summed E-state index contributed by atoms with van der Waals surface area (Å²) in [5, 5.41) is 4.47. The van der Waals surface area contributed by atoms with E-state index in [1.54, 1.807) is 11.3 Å². The molecule has 0 aromatic carbocycles. The van der Waals surface area contributed by atoms with Gasteiger partial charge in [-0.2, -0.15) is 0 Å². The lowest BCUT2D eigenvalue weighted by Crippen LogP contribution is -2.28. The fourth-order valence-corrected chi connectivity index (χ4v) is 3.15. The predicted octanol–water partition coefficient (Wildman–Crippen LogP) is 2.18. The van der Waals surface area contributed by atoms with Crippen LogP contribution in [0.3, 0.4) is 0 Å². The van der Waals surface area contributed by atoms with E-state index in [9.17, 15) is 0 Å². The highest BCUT2D eigenvalue weighted by Gasteiger charge is 2.19. The van der Waals surface area contributed by atoms with Crippen molar-refractivity contribution in [3.05, 3.63) is 10.6 Å². The van der Waals surface area contributed by atoms with Crippen LogP contribution in [-0.4, -0.2) is 37.8 Å². The Morgan fingerprint density at radius 1 is 1.56 bits per heavy atom. The Morgan fingerprint density at radius 3 is 3.06 bits per heavy atom. The van der Waals surface area contributed by atoms with Crippen molar-refractivity contribution in [2.45, 2.75) is 39.3 Å². The van der Waals surface area contributed by atoms with Gasteiger partial charge in [0.15, 0.2) is 5.13 Å². The van der Waals surface area contributed by atoms with Crippen LogP contribution in [-0.2, 0) is 11.3 Å². The first kappa shape index (κ1) is 13.8. The molecule has 1 aliphatic rings. The topological polar surface area (TPSA) is 37.4 Å². The molecular formula is C13H23N3OS. The van der Waals surface area contributed by atoms with Crippen molar-refractivity contribution in [1.29, 1.82) is 0 Å². The van der Waals surface area contributed by atoms with Gasteiger partial charge in [0.1, 0.15) is 0 Å². The number of anilines is 1. The molecule has 18 heavy (non-hydrogen) atoms. The third-order valence-electron chi connectivity index (χ3n) is 3.24. The molecule has 1 aliphatic heterocycles. The summed E-state index contributed by atoms with van der Waals surface area (Å²) in [5.74, 6) is 0. The number of hydrogen-bond donors (Lipinski definition) is 1. The predicted molar refractivity (Wildman–Crippen MR) is 76.5 cm³/mol. The van der Waals surface area contributed by atoms with E-state index in [4.69, 9.17) is 4.74 Å². The molecule has 1 N–H and O–H groups in total. The van der Waals surface area contributed by atoms with Gasteiger partial charge >= 0.3 is 0 Å². The second kappa shape index (κ2) is 6.50. The third-order valence-corrected chi connectivity index (χ3v) is 4.52. The minimum Gasteiger partial charge on any atom is -0.376 e. The molecule has 2 rings (SSSR count). The summed E-state index contributed by atoms with van der Waals surface area (Å²) in [6.07, 6.45) is 2.76. The van der Waals surface area contributed by atoms with Crippen molar-refractivity contribution in [2.24, 2.45) is 0 Å². The Bertz CT molecular complexity index is 374. The highest BCUT2D eigenvalue weighted by atomic mass is 32.1. The van der Waals surface area contributed by atoms with Crippen LogP contribution >= 0.6 is 11.3 Å². The molecular weight excluding hydrogens is 246 g/mol. The maximum atomic E-state index is 5.67. The number of ether oxygens (including phenoxy) is 1. The zero-order valence-corrected chi connectivity index (χ0v) is 12.3. The minimum absolute atomic E-state index is 0.386. The molecule has 4 nitrogen and oxygen atoms in total. The minimum atomic E-state index is 0.386. The molecule has 0 spiro atoms. The maximum absolute atomic E-state index is 5.67. The molecule has 102 valence electrons. The lowest BCUT2D eigenvalue weighted by Gasteiger charge is -2.19. The highest BCUT2D eigenvalue weighted by Crippen LogP contribution is 2.26. The molecule has 1 aromatic heterocycles. The Balaban J connectivity index is 1.94. The first-order valence-electron chi connectivity index (χ1n) is 6.70. The van der Waals surface area contributed by atoms with Crippen LogP contribution in [0.4, 0.5) is 5.13 Å². The molecule has 0 bridgehead atoms. The van der Waals surface area contributed by atoms with E-state index < -0.39 is 0 Å². The van der Waals surface area contributed by atoms with Crippen LogP contribution < -0.4 is 10.2 Å². The van der Waals surface area contributed by atoms with Gasteiger partial charge in [-0.3, -0.25) is 0 Å². The number of hydrogen-bond acceptors (Lipinski definition) is 5. The molecule has 0 radical (unpaired) electrons. The summed E-state index contributed by atoms with van der Waals surface area (Å²) in [5.41, 5.74) is 1.15. The largest absolute Gasteiger partial charge is 0.376 e. The van der Waals surface area contributed by atoms with Gasteiger partial charge in [0.2, 0.25) is 0 Å². The van der Waals surface area contributed by atoms with Crippen LogP contribution in [0.2, 0.25) is 0 Å². The van der Waals surface area contributed by atoms with Crippen LogP contribution in [0.1, 0.15) is 30.3 Å². The fourth-order valence-electron chi connectivity index (χ4n) is 2.15. The van der Waals surface area contributed by atoms with E-state index in [1.165, 1.54) is 17.7 Å². The van der Waals surface area contributed by atoms with E-state index in [2.05, 4.69) is 36.1 Å². The molecule has 1 atom stereocenters. The first-order valence-corrected chi connectivity index (χ1v) is 7.52. The van der Waals surface area contributed by atoms with Crippen molar-refractivity contribution in [1.82, 2.24) is 10.3 Å². The summed E-state index contributed by atoms with van der Waals surface area (Å²) in [4.78, 5) is 8.22. The number of thiazole rings is 1. The van der Waals surface area contributed by atoms with Crippen LogP contribution in [0, 0.1) is 6.92 Å².